The minimum Gasteiger partial charge on any atom is -0.465 e. The number of benzene rings is 1. The van der Waals surface area contributed by atoms with E-state index in [1.165, 1.54) is 7.11 Å². The van der Waals surface area contributed by atoms with Crippen LogP contribution in [-0.2, 0) is 4.74 Å². The lowest BCUT2D eigenvalue weighted by Crippen LogP contribution is -2.02. The van der Waals surface area contributed by atoms with E-state index in [0.29, 0.717) is 10.5 Å². The van der Waals surface area contributed by atoms with Crippen molar-refractivity contribution in [3.63, 3.8) is 0 Å². The number of esters is 1. The van der Waals surface area contributed by atoms with Gasteiger partial charge in [-0.15, -0.1) is 12.6 Å². The second kappa shape index (κ2) is 3.63. The lowest BCUT2D eigenvalue weighted by atomic mass is 10.1. The number of carbonyl (C=O) groups excluding carboxylic acids is 1. The fourth-order valence-electron chi connectivity index (χ4n) is 0.924. The summed E-state index contributed by atoms with van der Waals surface area (Å²) in [4.78, 5) is 11.7. The first-order valence-electron chi connectivity index (χ1n) is 3.53. The maximum absolute atomic E-state index is 11.1. The minimum absolute atomic E-state index is 0.347. The van der Waals surface area contributed by atoms with Crippen LogP contribution in [0.4, 0.5) is 0 Å². The van der Waals surface area contributed by atoms with Crippen molar-refractivity contribution in [1.82, 2.24) is 0 Å². The molecule has 64 valence electrons. The maximum atomic E-state index is 11.1. The quantitative estimate of drug-likeness (QED) is 0.531. The van der Waals surface area contributed by atoms with Gasteiger partial charge in [-0.25, -0.2) is 4.79 Å². The van der Waals surface area contributed by atoms with Crippen molar-refractivity contribution < 1.29 is 9.53 Å². The predicted molar refractivity (Wildman–Crippen MR) is 49.8 cm³/mol. The summed E-state index contributed by atoms with van der Waals surface area (Å²) in [5.41, 5.74) is 1.58. The van der Waals surface area contributed by atoms with Crippen LogP contribution in [0, 0.1) is 6.92 Å². The van der Waals surface area contributed by atoms with Crippen LogP contribution >= 0.6 is 12.6 Å². The average Bonchev–Trinajstić information content (AvgIpc) is 2.03. The zero-order valence-corrected chi connectivity index (χ0v) is 7.89. The Morgan fingerprint density at radius 2 is 2.17 bits per heavy atom. The summed E-state index contributed by atoms with van der Waals surface area (Å²) in [6.07, 6.45) is 0. The zero-order chi connectivity index (χ0) is 9.14. The Hall–Kier alpha value is -0.960. The third kappa shape index (κ3) is 1.80. The summed E-state index contributed by atoms with van der Waals surface area (Å²) in [5.74, 6) is -0.347. The zero-order valence-electron chi connectivity index (χ0n) is 7.00. The monoisotopic (exact) mass is 182 g/mol. The van der Waals surface area contributed by atoms with E-state index in [-0.39, 0.29) is 5.97 Å². The molecule has 0 saturated carbocycles. The van der Waals surface area contributed by atoms with Gasteiger partial charge in [-0.05, 0) is 24.6 Å². The van der Waals surface area contributed by atoms with Crippen LogP contribution in [0.15, 0.2) is 23.1 Å². The maximum Gasteiger partial charge on any atom is 0.338 e. The smallest absolute Gasteiger partial charge is 0.338 e. The van der Waals surface area contributed by atoms with Crippen molar-refractivity contribution in [3.8, 4) is 0 Å². The highest BCUT2D eigenvalue weighted by Gasteiger charge is 2.08. The van der Waals surface area contributed by atoms with Gasteiger partial charge < -0.3 is 4.74 Å². The van der Waals surface area contributed by atoms with Gasteiger partial charge in [0.1, 0.15) is 0 Å². The Labute approximate surface area is 77.0 Å². The second-order valence-electron chi connectivity index (χ2n) is 2.51. The highest BCUT2D eigenvalue weighted by Crippen LogP contribution is 2.16. The van der Waals surface area contributed by atoms with Crippen molar-refractivity contribution >= 4 is 18.6 Å². The summed E-state index contributed by atoms with van der Waals surface area (Å²) >= 11 is 4.16. The molecule has 1 aromatic rings. The molecule has 0 N–H and O–H groups in total. The third-order valence-electron chi connectivity index (χ3n) is 1.56. The highest BCUT2D eigenvalue weighted by molar-refractivity contribution is 7.80. The predicted octanol–water partition coefficient (Wildman–Crippen LogP) is 2.07. The minimum atomic E-state index is -0.347. The van der Waals surface area contributed by atoms with Gasteiger partial charge in [0.2, 0.25) is 0 Å². The Morgan fingerprint density at radius 1 is 1.50 bits per heavy atom. The molecule has 0 radical (unpaired) electrons. The first-order chi connectivity index (χ1) is 5.65. The van der Waals surface area contributed by atoms with Gasteiger partial charge in [0.05, 0.1) is 12.7 Å². The van der Waals surface area contributed by atoms with Crippen LogP contribution in [-0.4, -0.2) is 13.1 Å². The number of ether oxygens (including phenoxy) is 1. The fourth-order valence-corrected chi connectivity index (χ4v) is 1.29. The highest BCUT2D eigenvalue weighted by atomic mass is 32.1. The molecule has 0 bridgehead atoms. The second-order valence-corrected chi connectivity index (χ2v) is 2.99. The van der Waals surface area contributed by atoms with Crippen molar-refractivity contribution in [2.24, 2.45) is 0 Å². The molecule has 1 rings (SSSR count). The molecule has 12 heavy (non-hydrogen) atoms. The summed E-state index contributed by atoms with van der Waals surface area (Å²) in [6.45, 7) is 1.95. The number of methoxy groups -OCH3 is 1. The molecule has 3 heteroatoms. The summed E-state index contributed by atoms with van der Waals surface area (Å²) < 4.78 is 4.57. The molecule has 0 saturated heterocycles. The van der Waals surface area contributed by atoms with Crippen LogP contribution in [0.2, 0.25) is 0 Å². The molecule has 0 heterocycles. The molecule has 0 aliphatic rings. The molecule has 0 aliphatic heterocycles. The van der Waals surface area contributed by atoms with E-state index in [4.69, 9.17) is 0 Å². The molecule has 0 spiro atoms. The van der Waals surface area contributed by atoms with Crippen molar-refractivity contribution in [3.05, 3.63) is 29.3 Å². The van der Waals surface area contributed by atoms with Crippen molar-refractivity contribution in [1.29, 1.82) is 0 Å². The number of thiol groups is 1. The normalized spacial score (nSPS) is 9.58. The summed E-state index contributed by atoms with van der Waals surface area (Å²) in [5, 5.41) is 0. The average molecular weight is 182 g/mol. The van der Waals surface area contributed by atoms with E-state index in [1.807, 2.05) is 19.1 Å². The molecule has 0 amide bonds. The Morgan fingerprint density at radius 3 is 2.67 bits per heavy atom. The lowest BCUT2D eigenvalue weighted by Gasteiger charge is -2.02. The topological polar surface area (TPSA) is 26.3 Å². The van der Waals surface area contributed by atoms with E-state index in [9.17, 15) is 4.79 Å². The van der Waals surface area contributed by atoms with Crippen LogP contribution in [0.25, 0.3) is 0 Å². The van der Waals surface area contributed by atoms with E-state index in [2.05, 4.69) is 17.4 Å². The molecule has 2 nitrogen and oxygen atoms in total. The lowest BCUT2D eigenvalue weighted by molar-refractivity contribution is 0.0597. The number of carbonyl (C=O) groups is 1. The third-order valence-corrected chi connectivity index (χ3v) is 1.93. The van der Waals surface area contributed by atoms with Crippen LogP contribution < -0.4 is 0 Å². The number of hydrogen-bond donors (Lipinski definition) is 1. The molecular weight excluding hydrogens is 172 g/mol. The molecule has 0 aromatic heterocycles. The van der Waals surface area contributed by atoms with Crippen molar-refractivity contribution in [2.45, 2.75) is 11.8 Å². The van der Waals surface area contributed by atoms with Crippen molar-refractivity contribution in [2.75, 3.05) is 7.11 Å². The Balaban J connectivity index is 3.09. The molecule has 0 aliphatic carbocycles. The van der Waals surface area contributed by atoms with Gasteiger partial charge in [0.15, 0.2) is 0 Å². The van der Waals surface area contributed by atoms with Gasteiger partial charge in [0, 0.05) is 4.90 Å². The first-order valence-corrected chi connectivity index (χ1v) is 3.98. The van der Waals surface area contributed by atoms with Crippen LogP contribution in [0.1, 0.15) is 15.9 Å². The SMILES string of the molecule is COC(=O)c1ccc(C)cc1S. The van der Waals surface area contributed by atoms with Crippen LogP contribution in [0.5, 0.6) is 0 Å². The largest absolute Gasteiger partial charge is 0.465 e. The van der Waals surface area contributed by atoms with E-state index in [0.717, 1.165) is 5.56 Å². The number of rotatable bonds is 1. The summed E-state index contributed by atoms with van der Waals surface area (Å²) in [7, 11) is 1.36. The van der Waals surface area contributed by atoms with Gasteiger partial charge in [-0.1, -0.05) is 6.07 Å². The standard InChI is InChI=1S/C9H10O2S/c1-6-3-4-7(8(12)5-6)9(10)11-2/h3-5,12H,1-2H3. The van der Waals surface area contributed by atoms with E-state index < -0.39 is 0 Å². The molecular formula is C9H10O2S. The molecule has 0 unspecified atom stereocenters. The Kier molecular flexibility index (Phi) is 2.76. The van der Waals surface area contributed by atoms with Gasteiger partial charge >= 0.3 is 5.97 Å². The molecule has 0 fully saturated rings. The van der Waals surface area contributed by atoms with Gasteiger partial charge in [-0.3, -0.25) is 0 Å². The van der Waals surface area contributed by atoms with Gasteiger partial charge in [0.25, 0.3) is 0 Å². The Bertz CT molecular complexity index is 307. The molecule has 1 aromatic carbocycles. The van der Waals surface area contributed by atoms with E-state index >= 15 is 0 Å². The van der Waals surface area contributed by atoms with Gasteiger partial charge in [-0.2, -0.15) is 0 Å². The van der Waals surface area contributed by atoms with Crippen LogP contribution in [0.3, 0.4) is 0 Å². The number of hydrogen-bond acceptors (Lipinski definition) is 3. The van der Waals surface area contributed by atoms with E-state index in [1.54, 1.807) is 6.07 Å². The first kappa shape index (κ1) is 9.13. The summed E-state index contributed by atoms with van der Waals surface area (Å²) in [6, 6.07) is 5.39. The fraction of sp³-hybridized carbons (Fsp3) is 0.222. The molecule has 0 atom stereocenters. The number of aryl methyl sites for hydroxylation is 1.